The Balaban J connectivity index is 1.30. The summed E-state index contributed by atoms with van der Waals surface area (Å²) >= 11 is 1.64. The molecule has 1 fully saturated rings. The summed E-state index contributed by atoms with van der Waals surface area (Å²) in [6, 6.07) is 12.0. The van der Waals surface area contributed by atoms with Crippen LogP contribution in [0.4, 0.5) is 8.78 Å². The first-order valence-electron chi connectivity index (χ1n) is 13.0. The quantitative estimate of drug-likeness (QED) is 0.206. The molecule has 6 rings (SSSR count). The van der Waals surface area contributed by atoms with Crippen LogP contribution in [0.25, 0.3) is 38.2 Å². The lowest BCUT2D eigenvalue weighted by molar-refractivity contribution is 0.0115. The van der Waals surface area contributed by atoms with E-state index >= 15 is 0 Å². The van der Waals surface area contributed by atoms with Crippen LogP contribution in [0.15, 0.2) is 67.8 Å². The van der Waals surface area contributed by atoms with E-state index in [2.05, 4.69) is 33.7 Å². The molecule has 5 aromatic rings. The van der Waals surface area contributed by atoms with Crippen LogP contribution < -0.4 is 0 Å². The number of imidazole rings is 1. The van der Waals surface area contributed by atoms with E-state index in [9.17, 15) is 8.78 Å². The highest BCUT2D eigenvalue weighted by molar-refractivity contribution is 7.16. The maximum Gasteiger partial charge on any atom is 0.261 e. The number of nitrogens with one attached hydrogen (secondary N) is 2. The highest BCUT2D eigenvalue weighted by Gasteiger charge is 2.37. The van der Waals surface area contributed by atoms with Crippen LogP contribution in [0.5, 0.6) is 0 Å². The van der Waals surface area contributed by atoms with Crippen LogP contribution in [0, 0.1) is 12.3 Å². The lowest BCUT2D eigenvalue weighted by Crippen LogP contribution is -2.24. The number of aryl methyl sites for hydroxylation is 1. The highest BCUT2D eigenvalue weighted by atomic mass is 32.1. The summed E-state index contributed by atoms with van der Waals surface area (Å²) in [4.78, 5) is 20.8. The van der Waals surface area contributed by atoms with Gasteiger partial charge in [0.1, 0.15) is 11.2 Å². The second-order valence-electron chi connectivity index (χ2n) is 10.4. The molecular weight excluding hydrogens is 526 g/mol. The fourth-order valence-corrected chi connectivity index (χ4v) is 6.02. The molecule has 0 bridgehead atoms. The van der Waals surface area contributed by atoms with Gasteiger partial charge >= 0.3 is 0 Å². The molecule has 9 heteroatoms. The van der Waals surface area contributed by atoms with Gasteiger partial charge in [-0.2, -0.15) is 0 Å². The van der Waals surface area contributed by atoms with Crippen molar-refractivity contribution >= 4 is 33.7 Å². The Hall–Kier alpha value is -4.08. The van der Waals surface area contributed by atoms with Crippen molar-refractivity contribution in [3.63, 3.8) is 0 Å². The van der Waals surface area contributed by atoms with Crippen LogP contribution in [0.1, 0.15) is 40.7 Å². The Bertz CT molecular complexity index is 1770. The SMILES string of the molecule is C=C(C)c1ccc(-c2cncc3[nH]c(C(=N)c4cc(-c5cncc(CN6CCC(F)(F)C6)c5)ccc4C)nc23)s1. The van der Waals surface area contributed by atoms with Gasteiger partial charge in [0.2, 0.25) is 0 Å². The van der Waals surface area contributed by atoms with Crippen LogP contribution >= 0.6 is 11.3 Å². The number of thiophene rings is 1. The van der Waals surface area contributed by atoms with Gasteiger partial charge in [0.05, 0.1) is 18.3 Å². The number of nitrogens with zero attached hydrogens (tertiary/aromatic N) is 4. The zero-order valence-corrected chi connectivity index (χ0v) is 23.1. The first-order chi connectivity index (χ1) is 19.2. The number of hydrogen-bond donors (Lipinski definition) is 2. The Labute approximate surface area is 235 Å². The molecule has 0 amide bonds. The minimum absolute atomic E-state index is 0.105. The third kappa shape index (κ3) is 5.10. The lowest BCUT2D eigenvalue weighted by Gasteiger charge is -2.16. The number of benzene rings is 1. The number of pyridine rings is 2. The maximum absolute atomic E-state index is 13.7. The first kappa shape index (κ1) is 26.2. The molecule has 1 saturated heterocycles. The molecule has 1 aliphatic rings. The minimum Gasteiger partial charge on any atom is -0.335 e. The van der Waals surface area contributed by atoms with E-state index < -0.39 is 5.92 Å². The fraction of sp³-hybridized carbons (Fsp3) is 0.226. The molecule has 0 unspecified atom stereocenters. The van der Waals surface area contributed by atoms with Crippen molar-refractivity contribution in [1.82, 2.24) is 24.8 Å². The number of alkyl halides is 2. The molecule has 40 heavy (non-hydrogen) atoms. The largest absolute Gasteiger partial charge is 0.335 e. The number of halogens is 2. The monoisotopic (exact) mass is 554 g/mol. The van der Waals surface area contributed by atoms with Crippen molar-refractivity contribution < 1.29 is 8.78 Å². The van der Waals surface area contributed by atoms with Gasteiger partial charge in [-0.3, -0.25) is 20.3 Å². The van der Waals surface area contributed by atoms with Crippen molar-refractivity contribution in [3.8, 4) is 21.6 Å². The molecule has 0 saturated carbocycles. The summed E-state index contributed by atoms with van der Waals surface area (Å²) in [7, 11) is 0. The average Bonchev–Trinajstić information content (AvgIpc) is 3.67. The molecule has 0 spiro atoms. The van der Waals surface area contributed by atoms with E-state index in [-0.39, 0.29) is 18.7 Å². The Morgan fingerprint density at radius 1 is 1.10 bits per heavy atom. The van der Waals surface area contributed by atoms with Crippen LogP contribution in [0.2, 0.25) is 0 Å². The summed E-state index contributed by atoms with van der Waals surface area (Å²) < 4.78 is 27.3. The van der Waals surface area contributed by atoms with Gasteiger partial charge in [-0.25, -0.2) is 13.8 Å². The highest BCUT2D eigenvalue weighted by Crippen LogP contribution is 2.35. The lowest BCUT2D eigenvalue weighted by atomic mass is 9.97. The Morgan fingerprint density at radius 2 is 1.93 bits per heavy atom. The third-order valence-electron chi connectivity index (χ3n) is 7.21. The van der Waals surface area contributed by atoms with Gasteiger partial charge in [0.15, 0.2) is 5.82 Å². The molecule has 2 N–H and O–H groups in total. The van der Waals surface area contributed by atoms with Crippen LogP contribution in [0.3, 0.4) is 0 Å². The van der Waals surface area contributed by atoms with Gasteiger partial charge in [0, 0.05) is 64.5 Å². The Morgan fingerprint density at radius 3 is 2.67 bits per heavy atom. The minimum atomic E-state index is -2.62. The summed E-state index contributed by atoms with van der Waals surface area (Å²) in [6.45, 7) is 8.57. The number of rotatable bonds is 7. The fourth-order valence-electron chi connectivity index (χ4n) is 5.07. The standard InChI is InChI=1S/C31H28F2N6S/c1-18(2)26-6-7-27(40-26)24-14-36-15-25-29(24)38-30(37-25)28(34)23-11-21(5-4-19(23)3)22-10-20(12-35-13-22)16-39-9-8-31(32,33)17-39/h4-7,10-15,34H,1,8-9,16-17H2,2-3H3,(H,37,38). The summed E-state index contributed by atoms with van der Waals surface area (Å²) in [5, 5.41) is 9.05. The zero-order valence-electron chi connectivity index (χ0n) is 22.3. The van der Waals surface area contributed by atoms with E-state index in [1.807, 2.05) is 38.1 Å². The van der Waals surface area contributed by atoms with Crippen LogP contribution in [-0.4, -0.2) is 49.6 Å². The smallest absolute Gasteiger partial charge is 0.261 e. The number of aromatic nitrogens is 4. The molecule has 4 aromatic heterocycles. The molecular formula is C31H28F2N6S. The molecule has 0 radical (unpaired) electrons. The number of fused-ring (bicyclic) bond motifs is 1. The van der Waals surface area contributed by atoms with E-state index in [1.54, 1.807) is 41.0 Å². The Kier molecular flexibility index (Phi) is 6.64. The molecule has 6 nitrogen and oxygen atoms in total. The first-order valence-corrected chi connectivity index (χ1v) is 13.8. The van der Waals surface area contributed by atoms with E-state index in [4.69, 9.17) is 10.4 Å². The van der Waals surface area contributed by atoms with Gasteiger partial charge < -0.3 is 4.98 Å². The van der Waals surface area contributed by atoms with Crippen molar-refractivity contribution in [2.45, 2.75) is 32.7 Å². The molecule has 5 heterocycles. The second-order valence-corrected chi connectivity index (χ2v) is 11.5. The van der Waals surface area contributed by atoms with E-state index in [0.717, 1.165) is 59.7 Å². The predicted octanol–water partition coefficient (Wildman–Crippen LogP) is 7.35. The maximum atomic E-state index is 13.7. The molecule has 202 valence electrons. The van der Waals surface area contributed by atoms with E-state index in [1.165, 1.54) is 0 Å². The number of likely N-dealkylation sites (tertiary alicyclic amines) is 1. The molecule has 0 aliphatic carbocycles. The molecule has 0 atom stereocenters. The van der Waals surface area contributed by atoms with Crippen molar-refractivity contribution in [2.24, 2.45) is 0 Å². The number of allylic oxidation sites excluding steroid dienone is 1. The summed E-state index contributed by atoms with van der Waals surface area (Å²) in [5.41, 5.74) is 8.08. The number of aromatic amines is 1. The molecule has 1 aromatic carbocycles. The molecule has 1 aliphatic heterocycles. The number of H-pyrrole nitrogens is 1. The van der Waals surface area contributed by atoms with Crippen molar-refractivity contribution in [1.29, 1.82) is 5.41 Å². The van der Waals surface area contributed by atoms with Crippen molar-refractivity contribution in [2.75, 3.05) is 13.1 Å². The van der Waals surface area contributed by atoms with Crippen LogP contribution in [-0.2, 0) is 6.54 Å². The number of hydrogen-bond acceptors (Lipinski definition) is 6. The van der Waals surface area contributed by atoms with E-state index in [0.29, 0.717) is 18.9 Å². The average molecular weight is 555 g/mol. The zero-order chi connectivity index (χ0) is 28.0. The van der Waals surface area contributed by atoms with Crippen molar-refractivity contribution in [3.05, 3.63) is 95.2 Å². The van der Waals surface area contributed by atoms with Gasteiger partial charge in [-0.1, -0.05) is 18.7 Å². The predicted molar refractivity (Wildman–Crippen MR) is 157 cm³/mol. The van der Waals surface area contributed by atoms with Gasteiger partial charge in [0.25, 0.3) is 5.92 Å². The summed E-state index contributed by atoms with van der Waals surface area (Å²) in [6.07, 6.45) is 6.92. The normalized spacial score (nSPS) is 15.1. The summed E-state index contributed by atoms with van der Waals surface area (Å²) in [5.74, 6) is -2.16. The topological polar surface area (TPSA) is 81.5 Å². The second kappa shape index (κ2) is 10.1. The van der Waals surface area contributed by atoms with Gasteiger partial charge in [-0.05, 0) is 60.4 Å². The third-order valence-corrected chi connectivity index (χ3v) is 8.49. The van der Waals surface area contributed by atoms with Gasteiger partial charge in [-0.15, -0.1) is 11.3 Å².